The molecule has 1 saturated heterocycles. The summed E-state index contributed by atoms with van der Waals surface area (Å²) in [7, 11) is 0. The molecule has 1 N–H and O–H groups in total. The molecule has 8 heteroatoms. The van der Waals surface area contributed by atoms with Crippen molar-refractivity contribution in [1.29, 1.82) is 0 Å². The number of nitrogens with one attached hydrogen (secondary N) is 1. The summed E-state index contributed by atoms with van der Waals surface area (Å²) in [5, 5.41) is 3.21. The van der Waals surface area contributed by atoms with Gasteiger partial charge in [-0.1, -0.05) is 24.3 Å². The third kappa shape index (κ3) is 5.10. The van der Waals surface area contributed by atoms with E-state index >= 15 is 0 Å². The lowest BCUT2D eigenvalue weighted by Crippen LogP contribution is -2.44. The summed E-state index contributed by atoms with van der Waals surface area (Å²) in [6, 6.07) is 4.56. The quantitative estimate of drug-likeness (QED) is 0.846. The van der Waals surface area contributed by atoms with Crippen molar-refractivity contribution >= 4 is 0 Å². The Kier molecular flexibility index (Phi) is 5.57. The average molecular weight is 340 g/mol. The van der Waals surface area contributed by atoms with Crippen LogP contribution in [0.5, 0.6) is 0 Å². The summed E-state index contributed by atoms with van der Waals surface area (Å²) in [5.41, 5.74) is -0.0358. The van der Waals surface area contributed by atoms with Crippen LogP contribution in [0.3, 0.4) is 0 Å². The van der Waals surface area contributed by atoms with Gasteiger partial charge in [0.2, 0.25) is 0 Å². The molecule has 23 heavy (non-hydrogen) atoms. The van der Waals surface area contributed by atoms with Crippen molar-refractivity contribution < 1.29 is 26.3 Å². The fraction of sp³-hybridized carbons (Fsp3) is 0.600. The molecule has 0 bridgehead atoms. The summed E-state index contributed by atoms with van der Waals surface area (Å²) in [5.74, 6) is -3.43. The van der Waals surface area contributed by atoms with E-state index in [1.807, 2.05) is 0 Å². The molecule has 2 rings (SSSR count). The van der Waals surface area contributed by atoms with Gasteiger partial charge in [0, 0.05) is 32.7 Å². The van der Waals surface area contributed by atoms with Crippen molar-refractivity contribution in [3.05, 3.63) is 35.4 Å². The smallest absolute Gasteiger partial charge is 0.314 e. The number of piperazine rings is 1. The van der Waals surface area contributed by atoms with Crippen LogP contribution in [0.4, 0.5) is 26.3 Å². The molecule has 0 aromatic heterocycles. The van der Waals surface area contributed by atoms with Crippen molar-refractivity contribution in [3.8, 4) is 0 Å². The van der Waals surface area contributed by atoms with Crippen LogP contribution in [0.25, 0.3) is 0 Å². The molecular weight excluding hydrogens is 322 g/mol. The standard InChI is InChI=1S/C15H18F6N2/c16-14(17,18)13(15(19,20)21)12-3-1-11(2-4-12)5-8-23-9-6-22-7-10-23/h1-4,13,22H,5-10H2. The fourth-order valence-electron chi connectivity index (χ4n) is 2.66. The molecular formula is C15H18F6N2. The van der Waals surface area contributed by atoms with E-state index in [4.69, 9.17) is 0 Å². The zero-order chi connectivity index (χ0) is 17.1. The number of benzene rings is 1. The highest BCUT2D eigenvalue weighted by atomic mass is 19.4. The van der Waals surface area contributed by atoms with Crippen LogP contribution in [0.2, 0.25) is 0 Å². The molecule has 1 heterocycles. The number of hydrogen-bond donors (Lipinski definition) is 1. The predicted octanol–water partition coefficient (Wildman–Crippen LogP) is 3.34. The first-order valence-electron chi connectivity index (χ1n) is 7.33. The highest BCUT2D eigenvalue weighted by Crippen LogP contribution is 2.46. The normalized spacial score (nSPS) is 17.7. The zero-order valence-corrected chi connectivity index (χ0v) is 12.3. The Morgan fingerprint density at radius 3 is 1.91 bits per heavy atom. The van der Waals surface area contributed by atoms with E-state index in [1.54, 1.807) is 0 Å². The maximum absolute atomic E-state index is 12.7. The molecule has 130 valence electrons. The van der Waals surface area contributed by atoms with Gasteiger partial charge >= 0.3 is 12.4 Å². The SMILES string of the molecule is FC(F)(F)C(c1ccc(CCN2CCNCC2)cc1)C(F)(F)F. The molecule has 2 nitrogen and oxygen atoms in total. The number of hydrogen-bond acceptors (Lipinski definition) is 2. The summed E-state index contributed by atoms with van der Waals surface area (Å²) in [4.78, 5) is 2.21. The van der Waals surface area contributed by atoms with Crippen LogP contribution in [0.15, 0.2) is 24.3 Å². The van der Waals surface area contributed by atoms with Crippen LogP contribution in [-0.2, 0) is 6.42 Å². The van der Waals surface area contributed by atoms with E-state index in [-0.39, 0.29) is 0 Å². The Bertz CT molecular complexity index is 474. The van der Waals surface area contributed by atoms with E-state index in [9.17, 15) is 26.3 Å². The Morgan fingerprint density at radius 2 is 1.43 bits per heavy atom. The molecule has 0 saturated carbocycles. The first-order valence-corrected chi connectivity index (χ1v) is 7.33. The van der Waals surface area contributed by atoms with Gasteiger partial charge in [0.25, 0.3) is 0 Å². The van der Waals surface area contributed by atoms with Crippen LogP contribution in [0, 0.1) is 0 Å². The Balaban J connectivity index is 2.02. The van der Waals surface area contributed by atoms with E-state index in [2.05, 4.69) is 10.2 Å². The second-order valence-electron chi connectivity index (χ2n) is 5.60. The molecule has 0 atom stereocenters. The number of nitrogens with zero attached hydrogens (tertiary/aromatic N) is 1. The molecule has 0 unspecified atom stereocenters. The molecule has 0 amide bonds. The minimum Gasteiger partial charge on any atom is -0.314 e. The minimum absolute atomic E-state index is 0.600. The van der Waals surface area contributed by atoms with Gasteiger partial charge in [-0.05, 0) is 17.5 Å². The summed E-state index contributed by atoms with van der Waals surface area (Å²) >= 11 is 0. The predicted molar refractivity (Wildman–Crippen MR) is 74.3 cm³/mol. The lowest BCUT2D eigenvalue weighted by atomic mass is 9.96. The molecule has 0 aliphatic carbocycles. The maximum Gasteiger partial charge on any atom is 0.404 e. The van der Waals surface area contributed by atoms with Crippen molar-refractivity contribution in [3.63, 3.8) is 0 Å². The summed E-state index contributed by atoms with van der Waals surface area (Å²) in [6.45, 7) is 4.29. The summed E-state index contributed by atoms with van der Waals surface area (Å²) in [6.07, 6.45) is -10.1. The topological polar surface area (TPSA) is 15.3 Å². The van der Waals surface area contributed by atoms with E-state index in [0.717, 1.165) is 50.4 Å². The molecule has 1 fully saturated rings. The first-order chi connectivity index (χ1) is 10.7. The maximum atomic E-state index is 12.7. The lowest BCUT2D eigenvalue weighted by Gasteiger charge is -2.27. The van der Waals surface area contributed by atoms with Crippen molar-refractivity contribution in [2.45, 2.75) is 24.7 Å². The van der Waals surface area contributed by atoms with Crippen LogP contribution in [-0.4, -0.2) is 50.0 Å². The number of rotatable bonds is 4. The monoisotopic (exact) mass is 340 g/mol. The van der Waals surface area contributed by atoms with Crippen LogP contribution in [0.1, 0.15) is 17.0 Å². The highest BCUT2D eigenvalue weighted by molar-refractivity contribution is 5.28. The fourth-order valence-corrected chi connectivity index (χ4v) is 2.66. The van der Waals surface area contributed by atoms with Crippen LogP contribution >= 0.6 is 0 Å². The first kappa shape index (κ1) is 18.1. The largest absolute Gasteiger partial charge is 0.404 e. The van der Waals surface area contributed by atoms with Crippen molar-refractivity contribution in [1.82, 2.24) is 10.2 Å². The third-order valence-electron chi connectivity index (χ3n) is 3.89. The number of alkyl halides is 6. The highest BCUT2D eigenvalue weighted by Gasteiger charge is 2.57. The van der Waals surface area contributed by atoms with Gasteiger partial charge in [0.15, 0.2) is 5.92 Å². The molecule has 1 aromatic carbocycles. The van der Waals surface area contributed by atoms with Gasteiger partial charge in [0.1, 0.15) is 0 Å². The van der Waals surface area contributed by atoms with Gasteiger partial charge in [-0.2, -0.15) is 26.3 Å². The second-order valence-corrected chi connectivity index (χ2v) is 5.60. The second kappa shape index (κ2) is 7.09. The van der Waals surface area contributed by atoms with E-state index in [1.165, 1.54) is 12.1 Å². The Morgan fingerprint density at radius 1 is 0.913 bits per heavy atom. The lowest BCUT2D eigenvalue weighted by molar-refractivity contribution is -0.253. The zero-order valence-electron chi connectivity index (χ0n) is 12.3. The minimum atomic E-state index is -5.35. The molecule has 1 aliphatic rings. The molecule has 1 aromatic rings. The van der Waals surface area contributed by atoms with E-state index < -0.39 is 23.8 Å². The van der Waals surface area contributed by atoms with Crippen molar-refractivity contribution in [2.75, 3.05) is 32.7 Å². The van der Waals surface area contributed by atoms with Crippen molar-refractivity contribution in [2.24, 2.45) is 0 Å². The van der Waals surface area contributed by atoms with E-state index in [0.29, 0.717) is 6.42 Å². The van der Waals surface area contributed by atoms with Crippen LogP contribution < -0.4 is 5.32 Å². The van der Waals surface area contributed by atoms with Gasteiger partial charge < -0.3 is 10.2 Å². The van der Waals surface area contributed by atoms with Gasteiger partial charge in [-0.25, -0.2) is 0 Å². The average Bonchev–Trinajstić information content (AvgIpc) is 2.45. The third-order valence-corrected chi connectivity index (χ3v) is 3.89. The van der Waals surface area contributed by atoms with Gasteiger partial charge in [0.05, 0.1) is 0 Å². The summed E-state index contributed by atoms with van der Waals surface area (Å²) < 4.78 is 76.0. The Hall–Kier alpha value is -1.28. The molecule has 0 spiro atoms. The van der Waals surface area contributed by atoms with Gasteiger partial charge in [-0.3, -0.25) is 0 Å². The van der Waals surface area contributed by atoms with Gasteiger partial charge in [-0.15, -0.1) is 0 Å². The molecule has 0 radical (unpaired) electrons. The Labute approximate surface area is 130 Å². The number of halogens is 6. The molecule has 1 aliphatic heterocycles.